The van der Waals surface area contributed by atoms with Gasteiger partial charge in [-0.1, -0.05) is 25.1 Å². The van der Waals surface area contributed by atoms with Crippen molar-refractivity contribution in [1.29, 1.82) is 0 Å². The van der Waals surface area contributed by atoms with E-state index in [2.05, 4.69) is 12.2 Å². The number of hydrogen-bond acceptors (Lipinski definition) is 4. The van der Waals surface area contributed by atoms with Crippen LogP contribution < -0.4 is 11.1 Å². The van der Waals surface area contributed by atoms with E-state index in [1.807, 2.05) is 18.2 Å². The first kappa shape index (κ1) is 15.0. The van der Waals surface area contributed by atoms with Crippen LogP contribution in [0.15, 0.2) is 30.3 Å². The third kappa shape index (κ3) is 5.08. The number of hydrogen-bond donors (Lipinski definition) is 3. The molecule has 0 saturated carbocycles. The van der Waals surface area contributed by atoms with E-state index in [-0.39, 0.29) is 0 Å². The fraction of sp³-hybridized carbons (Fsp3) is 0.462. The maximum absolute atomic E-state index is 11.7. The Kier molecular flexibility index (Phi) is 6.78. The summed E-state index contributed by atoms with van der Waals surface area (Å²) >= 11 is 1.75. The van der Waals surface area contributed by atoms with Crippen molar-refractivity contribution in [3.63, 3.8) is 0 Å². The number of rotatable bonds is 7. The van der Waals surface area contributed by atoms with Gasteiger partial charge >= 0.3 is 0 Å². The molecule has 0 aliphatic heterocycles. The molecule has 0 bridgehead atoms. The van der Waals surface area contributed by atoms with Crippen molar-refractivity contribution in [2.75, 3.05) is 16.8 Å². The van der Waals surface area contributed by atoms with Crippen LogP contribution in [0.2, 0.25) is 0 Å². The third-order valence-corrected chi connectivity index (χ3v) is 3.45. The second-order valence-corrected chi connectivity index (χ2v) is 5.34. The zero-order valence-corrected chi connectivity index (χ0v) is 11.3. The molecular weight excluding hydrogens is 248 g/mol. The molecule has 1 rings (SSSR count). The predicted octanol–water partition coefficient (Wildman–Crippen LogP) is 1.46. The van der Waals surface area contributed by atoms with Crippen molar-refractivity contribution in [2.24, 2.45) is 5.73 Å². The van der Waals surface area contributed by atoms with Crippen LogP contribution in [-0.4, -0.2) is 34.7 Å². The van der Waals surface area contributed by atoms with Crippen molar-refractivity contribution < 1.29 is 9.90 Å². The summed E-state index contributed by atoms with van der Waals surface area (Å²) < 4.78 is 0. The standard InChI is InChI=1S/C13H20N2O2S/c1-2-18-9-8-11(14)12(16)13(17)15-10-6-4-3-5-7-10/h3-7,11-12,16H,2,8-9,14H2,1H3,(H,15,17). The van der Waals surface area contributed by atoms with E-state index in [0.717, 1.165) is 11.5 Å². The molecule has 5 heteroatoms. The summed E-state index contributed by atoms with van der Waals surface area (Å²) in [6, 6.07) is 8.51. The predicted molar refractivity (Wildman–Crippen MR) is 76.7 cm³/mol. The van der Waals surface area contributed by atoms with Crippen LogP contribution in [0, 0.1) is 0 Å². The number of nitrogens with one attached hydrogen (secondary N) is 1. The van der Waals surface area contributed by atoms with Gasteiger partial charge in [0.25, 0.3) is 5.91 Å². The van der Waals surface area contributed by atoms with Crippen molar-refractivity contribution in [3.8, 4) is 0 Å². The molecule has 0 fully saturated rings. The molecule has 1 amide bonds. The first-order valence-corrected chi connectivity index (χ1v) is 7.18. The Morgan fingerprint density at radius 2 is 2.11 bits per heavy atom. The van der Waals surface area contributed by atoms with E-state index in [1.54, 1.807) is 23.9 Å². The van der Waals surface area contributed by atoms with Gasteiger partial charge in [0, 0.05) is 11.7 Å². The van der Waals surface area contributed by atoms with Gasteiger partial charge in [0.15, 0.2) is 0 Å². The van der Waals surface area contributed by atoms with Crippen molar-refractivity contribution in [3.05, 3.63) is 30.3 Å². The zero-order chi connectivity index (χ0) is 13.4. The van der Waals surface area contributed by atoms with Gasteiger partial charge < -0.3 is 16.2 Å². The molecule has 0 heterocycles. The summed E-state index contributed by atoms with van der Waals surface area (Å²) in [5, 5.41) is 12.4. The third-order valence-electron chi connectivity index (χ3n) is 2.52. The van der Waals surface area contributed by atoms with Crippen LogP contribution in [-0.2, 0) is 4.79 Å². The molecule has 2 atom stereocenters. The lowest BCUT2D eigenvalue weighted by atomic mass is 10.1. The van der Waals surface area contributed by atoms with Crippen molar-refractivity contribution in [2.45, 2.75) is 25.5 Å². The van der Waals surface area contributed by atoms with E-state index in [1.165, 1.54) is 0 Å². The van der Waals surface area contributed by atoms with Crippen LogP contribution in [0.25, 0.3) is 0 Å². The Hall–Kier alpha value is -1.04. The van der Waals surface area contributed by atoms with Gasteiger partial charge in [0.1, 0.15) is 6.10 Å². The molecule has 4 N–H and O–H groups in total. The van der Waals surface area contributed by atoms with Gasteiger partial charge in [-0.2, -0.15) is 11.8 Å². The molecular formula is C13H20N2O2S. The van der Waals surface area contributed by atoms with Gasteiger partial charge in [-0.15, -0.1) is 0 Å². The number of thioether (sulfide) groups is 1. The van der Waals surface area contributed by atoms with Crippen LogP contribution in [0.5, 0.6) is 0 Å². The summed E-state index contributed by atoms with van der Waals surface area (Å²) in [5.41, 5.74) is 6.45. The number of aliphatic hydroxyl groups is 1. The molecule has 0 aromatic heterocycles. The fourth-order valence-corrected chi connectivity index (χ4v) is 2.18. The van der Waals surface area contributed by atoms with E-state index >= 15 is 0 Å². The molecule has 0 spiro atoms. The highest BCUT2D eigenvalue weighted by Crippen LogP contribution is 2.09. The van der Waals surface area contributed by atoms with Crippen LogP contribution >= 0.6 is 11.8 Å². The number of aliphatic hydroxyl groups excluding tert-OH is 1. The largest absolute Gasteiger partial charge is 0.382 e. The highest BCUT2D eigenvalue weighted by Gasteiger charge is 2.22. The molecule has 0 aliphatic carbocycles. The lowest BCUT2D eigenvalue weighted by Crippen LogP contribution is -2.43. The molecule has 18 heavy (non-hydrogen) atoms. The second kappa shape index (κ2) is 8.13. The summed E-state index contributed by atoms with van der Waals surface area (Å²) in [6.45, 7) is 2.06. The number of carbonyl (C=O) groups is 1. The van der Waals surface area contributed by atoms with Gasteiger partial charge in [-0.25, -0.2) is 0 Å². The lowest BCUT2D eigenvalue weighted by Gasteiger charge is -2.18. The zero-order valence-electron chi connectivity index (χ0n) is 10.5. The number of carbonyl (C=O) groups excluding carboxylic acids is 1. The maximum atomic E-state index is 11.7. The topological polar surface area (TPSA) is 75.3 Å². The highest BCUT2D eigenvalue weighted by atomic mass is 32.2. The number of amides is 1. The normalized spacial score (nSPS) is 13.9. The molecule has 2 unspecified atom stereocenters. The molecule has 100 valence electrons. The Bertz CT molecular complexity index is 359. The SMILES string of the molecule is CCSCCC(N)C(O)C(=O)Nc1ccccc1. The fourth-order valence-electron chi connectivity index (χ4n) is 1.45. The van der Waals surface area contributed by atoms with E-state index in [4.69, 9.17) is 5.73 Å². The Morgan fingerprint density at radius 3 is 2.72 bits per heavy atom. The van der Waals surface area contributed by atoms with E-state index in [9.17, 15) is 9.90 Å². The average molecular weight is 268 g/mol. The molecule has 0 radical (unpaired) electrons. The molecule has 1 aromatic carbocycles. The lowest BCUT2D eigenvalue weighted by molar-refractivity contribution is -0.124. The molecule has 0 aliphatic rings. The Morgan fingerprint density at radius 1 is 1.44 bits per heavy atom. The first-order chi connectivity index (χ1) is 8.65. The quantitative estimate of drug-likeness (QED) is 0.654. The van der Waals surface area contributed by atoms with Gasteiger partial charge in [-0.3, -0.25) is 4.79 Å². The molecule has 1 aromatic rings. The highest BCUT2D eigenvalue weighted by molar-refractivity contribution is 7.99. The minimum absolute atomic E-state index is 0.449. The second-order valence-electron chi connectivity index (χ2n) is 3.95. The number of anilines is 1. The number of para-hydroxylation sites is 1. The number of benzene rings is 1. The van der Waals surface area contributed by atoms with Gasteiger partial charge in [-0.05, 0) is 30.1 Å². The summed E-state index contributed by atoms with van der Waals surface area (Å²) in [4.78, 5) is 11.7. The van der Waals surface area contributed by atoms with Gasteiger partial charge in [0.05, 0.1) is 0 Å². The molecule has 4 nitrogen and oxygen atoms in total. The summed E-state index contributed by atoms with van der Waals surface area (Å²) in [6.07, 6.45) is -0.537. The summed E-state index contributed by atoms with van der Waals surface area (Å²) in [5.74, 6) is 1.42. The number of nitrogens with two attached hydrogens (primary N) is 1. The van der Waals surface area contributed by atoms with Crippen LogP contribution in [0.1, 0.15) is 13.3 Å². The van der Waals surface area contributed by atoms with Crippen LogP contribution in [0.4, 0.5) is 5.69 Å². The summed E-state index contributed by atoms with van der Waals surface area (Å²) in [7, 11) is 0. The van der Waals surface area contributed by atoms with Crippen LogP contribution in [0.3, 0.4) is 0 Å². The van der Waals surface area contributed by atoms with E-state index < -0.39 is 18.1 Å². The molecule has 0 saturated heterocycles. The average Bonchev–Trinajstić information content (AvgIpc) is 2.39. The Balaban J connectivity index is 2.41. The van der Waals surface area contributed by atoms with Crippen molar-refractivity contribution >= 4 is 23.4 Å². The monoisotopic (exact) mass is 268 g/mol. The minimum Gasteiger partial charge on any atom is -0.382 e. The van der Waals surface area contributed by atoms with Crippen molar-refractivity contribution in [1.82, 2.24) is 0 Å². The first-order valence-electron chi connectivity index (χ1n) is 6.02. The van der Waals surface area contributed by atoms with Gasteiger partial charge in [0.2, 0.25) is 0 Å². The Labute approximate surface area is 112 Å². The smallest absolute Gasteiger partial charge is 0.254 e. The van der Waals surface area contributed by atoms with E-state index in [0.29, 0.717) is 12.1 Å². The maximum Gasteiger partial charge on any atom is 0.254 e. The minimum atomic E-state index is -1.16.